The van der Waals surface area contributed by atoms with Crippen molar-refractivity contribution in [3.63, 3.8) is 0 Å². The summed E-state index contributed by atoms with van der Waals surface area (Å²) >= 11 is 0. The maximum Gasteiger partial charge on any atom is 2.00 e. The van der Waals surface area contributed by atoms with Crippen molar-refractivity contribution in [2.24, 2.45) is 0 Å². The number of hydrogen-bond acceptors (Lipinski definition) is 0. The first-order chi connectivity index (χ1) is 8.12. The third-order valence-corrected chi connectivity index (χ3v) is 3.64. The molecule has 0 aliphatic heterocycles. The second-order valence-electron chi connectivity index (χ2n) is 4.98. The second kappa shape index (κ2) is 6.23. The van der Waals surface area contributed by atoms with Gasteiger partial charge in [-0.2, -0.15) is 23.6 Å². The number of benzene rings is 2. The van der Waals surface area contributed by atoms with Crippen LogP contribution in [-0.2, 0) is 25.8 Å². The van der Waals surface area contributed by atoms with E-state index in [0.29, 0.717) is 0 Å². The van der Waals surface area contributed by atoms with Gasteiger partial charge in [0, 0.05) is 0 Å². The van der Waals surface area contributed by atoms with E-state index in [0.717, 1.165) is 0 Å². The van der Waals surface area contributed by atoms with Crippen LogP contribution in [0.15, 0.2) is 60.7 Å². The van der Waals surface area contributed by atoms with Crippen LogP contribution in [0.1, 0.15) is 31.9 Å². The van der Waals surface area contributed by atoms with E-state index in [9.17, 15) is 0 Å². The fourth-order valence-electron chi connectivity index (χ4n) is 2.12. The Morgan fingerprint density at radius 1 is 0.778 bits per heavy atom. The van der Waals surface area contributed by atoms with Gasteiger partial charge >= 0.3 is 20.4 Å². The van der Waals surface area contributed by atoms with Crippen LogP contribution in [0.5, 0.6) is 0 Å². The Labute approximate surface area is 124 Å². The maximum absolute atomic E-state index is 2.28. The fourth-order valence-corrected chi connectivity index (χ4v) is 2.12. The second-order valence-corrected chi connectivity index (χ2v) is 4.98. The van der Waals surface area contributed by atoms with Gasteiger partial charge in [-0.15, -0.1) is 12.1 Å². The van der Waals surface area contributed by atoms with Crippen LogP contribution in [0.4, 0.5) is 0 Å². The van der Waals surface area contributed by atoms with Gasteiger partial charge in [0.2, 0.25) is 0 Å². The van der Waals surface area contributed by atoms with Crippen molar-refractivity contribution in [3.05, 3.63) is 77.7 Å². The zero-order valence-electron chi connectivity index (χ0n) is 11.1. The molecule has 0 aliphatic carbocycles. The largest absolute Gasteiger partial charge is 2.00 e. The molecule has 0 N–H and O–H groups in total. The van der Waals surface area contributed by atoms with Crippen LogP contribution in [0, 0.1) is 5.92 Å². The molecular weight excluding hydrogens is 311 g/mol. The van der Waals surface area contributed by atoms with E-state index >= 15 is 0 Å². The zero-order chi connectivity index (χ0) is 12.3. The number of hydrogen-bond donors (Lipinski definition) is 0. The van der Waals surface area contributed by atoms with Gasteiger partial charge < -0.3 is 0 Å². The molecule has 1 heteroatoms. The molecule has 2 aromatic rings. The standard InChI is InChI=1S/C17H19.Pd/c1-14(15-10-6-4-7-11-15)17(2,3)16-12-8-5-9-13-16;/h4-13H,1-3H3;/q-1;+2. The minimum absolute atomic E-state index is 0. The van der Waals surface area contributed by atoms with Crippen molar-refractivity contribution in [2.45, 2.75) is 26.2 Å². The summed E-state index contributed by atoms with van der Waals surface area (Å²) in [5.74, 6) is 1.41. The number of rotatable bonds is 3. The van der Waals surface area contributed by atoms with Crippen molar-refractivity contribution in [2.75, 3.05) is 0 Å². The van der Waals surface area contributed by atoms with Gasteiger partial charge in [0.05, 0.1) is 0 Å². The molecule has 0 radical (unpaired) electrons. The van der Waals surface area contributed by atoms with Gasteiger partial charge in [-0.25, -0.2) is 0 Å². The third-order valence-electron chi connectivity index (χ3n) is 3.64. The van der Waals surface area contributed by atoms with Gasteiger partial charge in [0.15, 0.2) is 0 Å². The normalized spacial score (nSPS) is 10.6. The molecule has 0 aromatic heterocycles. The molecule has 0 bridgehead atoms. The summed E-state index contributed by atoms with van der Waals surface area (Å²) in [6, 6.07) is 21.3. The van der Waals surface area contributed by atoms with E-state index in [1.54, 1.807) is 0 Å². The molecule has 0 heterocycles. The van der Waals surface area contributed by atoms with Gasteiger partial charge in [0.1, 0.15) is 0 Å². The summed E-state index contributed by atoms with van der Waals surface area (Å²) in [5, 5.41) is 0. The summed E-state index contributed by atoms with van der Waals surface area (Å²) < 4.78 is 0. The van der Waals surface area contributed by atoms with Crippen LogP contribution >= 0.6 is 0 Å². The smallest absolute Gasteiger partial charge is 0.188 e. The van der Waals surface area contributed by atoms with Gasteiger partial charge in [-0.1, -0.05) is 57.2 Å². The monoisotopic (exact) mass is 329 g/mol. The van der Waals surface area contributed by atoms with Gasteiger partial charge in [0.25, 0.3) is 0 Å². The molecule has 18 heavy (non-hydrogen) atoms. The average molecular weight is 330 g/mol. The van der Waals surface area contributed by atoms with E-state index in [-0.39, 0.29) is 25.8 Å². The molecule has 0 aliphatic rings. The van der Waals surface area contributed by atoms with Crippen LogP contribution < -0.4 is 0 Å². The van der Waals surface area contributed by atoms with E-state index in [4.69, 9.17) is 0 Å². The first-order valence-electron chi connectivity index (χ1n) is 6.07. The summed E-state index contributed by atoms with van der Waals surface area (Å²) in [5.41, 5.74) is 2.76. The molecule has 2 aromatic carbocycles. The summed E-state index contributed by atoms with van der Waals surface area (Å²) in [6.45, 7) is 6.79. The Kier molecular flexibility index (Phi) is 5.20. The van der Waals surface area contributed by atoms with Crippen LogP contribution in [0.3, 0.4) is 0 Å². The van der Waals surface area contributed by atoms with Crippen molar-refractivity contribution in [1.29, 1.82) is 0 Å². The summed E-state index contributed by atoms with van der Waals surface area (Å²) in [6.07, 6.45) is 0. The summed E-state index contributed by atoms with van der Waals surface area (Å²) in [4.78, 5) is 0. The maximum atomic E-state index is 2.28. The topological polar surface area (TPSA) is 0 Å². The van der Waals surface area contributed by atoms with E-state index in [1.807, 2.05) is 0 Å². The van der Waals surface area contributed by atoms with Crippen molar-refractivity contribution in [1.82, 2.24) is 0 Å². The molecule has 2 rings (SSSR count). The molecular formula is C17H19Pd+. The molecule has 0 saturated carbocycles. The Balaban J connectivity index is 0.00000162. The molecule has 0 saturated heterocycles. The minimum Gasteiger partial charge on any atom is -0.188 e. The molecule has 0 amide bonds. The predicted octanol–water partition coefficient (Wildman–Crippen LogP) is 4.60. The Hall–Kier alpha value is -1.03. The molecule has 0 spiro atoms. The quantitative estimate of drug-likeness (QED) is 0.570. The van der Waals surface area contributed by atoms with Crippen molar-refractivity contribution in [3.8, 4) is 0 Å². The van der Waals surface area contributed by atoms with Crippen molar-refractivity contribution >= 4 is 0 Å². The van der Waals surface area contributed by atoms with E-state index < -0.39 is 0 Å². The SMILES string of the molecule is C[C-](c1ccccc1)C(C)(C)c1ccccc1.[Pd+2]. The van der Waals surface area contributed by atoms with Crippen LogP contribution in [-0.4, -0.2) is 0 Å². The molecule has 0 atom stereocenters. The van der Waals surface area contributed by atoms with E-state index in [2.05, 4.69) is 81.4 Å². The van der Waals surface area contributed by atoms with Crippen LogP contribution in [0.2, 0.25) is 0 Å². The molecule has 0 fully saturated rings. The average Bonchev–Trinajstić information content (AvgIpc) is 2.40. The summed E-state index contributed by atoms with van der Waals surface area (Å²) in [7, 11) is 0. The fraction of sp³-hybridized carbons (Fsp3) is 0.235. The molecule has 96 valence electrons. The Morgan fingerprint density at radius 2 is 1.22 bits per heavy atom. The molecule has 0 nitrogen and oxygen atoms in total. The first-order valence-corrected chi connectivity index (χ1v) is 6.07. The zero-order valence-corrected chi connectivity index (χ0v) is 12.6. The predicted molar refractivity (Wildman–Crippen MR) is 73.9 cm³/mol. The van der Waals surface area contributed by atoms with Crippen molar-refractivity contribution < 1.29 is 20.4 Å². The van der Waals surface area contributed by atoms with Crippen LogP contribution in [0.25, 0.3) is 0 Å². The van der Waals surface area contributed by atoms with Gasteiger partial charge in [-0.3, -0.25) is 0 Å². The minimum atomic E-state index is 0. The van der Waals surface area contributed by atoms with Gasteiger partial charge in [-0.05, 0) is 11.0 Å². The third kappa shape index (κ3) is 3.05. The Morgan fingerprint density at radius 3 is 1.72 bits per heavy atom. The van der Waals surface area contributed by atoms with E-state index in [1.165, 1.54) is 17.0 Å². The molecule has 0 unspecified atom stereocenters. The Bertz CT molecular complexity index is 459. The first kappa shape index (κ1) is 15.0.